The number of fused-ring (bicyclic) bond motifs is 1. The molecule has 0 unspecified atom stereocenters. The second-order valence-electron chi connectivity index (χ2n) is 8.68. The summed E-state index contributed by atoms with van der Waals surface area (Å²) in [5.41, 5.74) is 4.06. The van der Waals surface area contributed by atoms with Crippen molar-refractivity contribution < 1.29 is 17.9 Å². The first-order valence-electron chi connectivity index (χ1n) is 11.5. The zero-order valence-electron chi connectivity index (χ0n) is 19.5. The van der Waals surface area contributed by atoms with E-state index in [0.29, 0.717) is 17.2 Å². The summed E-state index contributed by atoms with van der Waals surface area (Å²) in [6, 6.07) is 22.0. The van der Waals surface area contributed by atoms with E-state index in [2.05, 4.69) is 17.4 Å². The molecule has 0 radical (unpaired) electrons. The molecule has 6 nitrogen and oxygen atoms in total. The predicted molar refractivity (Wildman–Crippen MR) is 135 cm³/mol. The number of carbonyl (C=O) groups excluding carboxylic acids is 1. The monoisotopic (exact) mass is 478 g/mol. The van der Waals surface area contributed by atoms with Crippen LogP contribution in [-0.2, 0) is 27.7 Å². The number of sulfonamides is 1. The SMILES string of the molecule is C[C@H](NC(=O)CN(c1ccccc1Oc1ccccc1)S(C)(=O)=O)c1ccc2c(c1)CCCC2. The molecule has 0 heterocycles. The van der Waals surface area contributed by atoms with Crippen LogP contribution in [-0.4, -0.2) is 27.1 Å². The van der Waals surface area contributed by atoms with E-state index in [4.69, 9.17) is 4.74 Å². The molecule has 1 N–H and O–H groups in total. The van der Waals surface area contributed by atoms with Gasteiger partial charge in [-0.2, -0.15) is 0 Å². The first-order valence-corrected chi connectivity index (χ1v) is 13.4. The van der Waals surface area contributed by atoms with E-state index in [0.717, 1.165) is 29.0 Å². The van der Waals surface area contributed by atoms with Gasteiger partial charge in [0.2, 0.25) is 15.9 Å². The quantitative estimate of drug-likeness (QED) is 0.494. The van der Waals surface area contributed by atoms with Gasteiger partial charge in [0.1, 0.15) is 12.3 Å². The standard InChI is InChI=1S/C27H30N2O4S/c1-20(22-17-16-21-10-6-7-11-23(21)18-22)28-27(30)19-29(34(2,31)32)25-14-8-9-15-26(25)33-24-12-4-3-5-13-24/h3-5,8-9,12-18,20H,6-7,10-11,19H2,1-2H3,(H,28,30)/t20-/m0/s1. The molecule has 0 bridgehead atoms. The van der Waals surface area contributed by atoms with Gasteiger partial charge < -0.3 is 10.1 Å². The fraction of sp³-hybridized carbons (Fsp3) is 0.296. The summed E-state index contributed by atoms with van der Waals surface area (Å²) < 4.78 is 32.4. The van der Waals surface area contributed by atoms with Crippen molar-refractivity contribution in [1.82, 2.24) is 5.32 Å². The Hall–Kier alpha value is -3.32. The number of carbonyl (C=O) groups is 1. The number of amides is 1. The van der Waals surface area contributed by atoms with Crippen LogP contribution >= 0.6 is 0 Å². The van der Waals surface area contributed by atoms with Crippen molar-refractivity contribution in [3.8, 4) is 11.5 Å². The molecule has 0 fully saturated rings. The van der Waals surface area contributed by atoms with Crippen molar-refractivity contribution in [2.45, 2.75) is 38.6 Å². The van der Waals surface area contributed by atoms with Crippen molar-refractivity contribution in [1.29, 1.82) is 0 Å². The van der Waals surface area contributed by atoms with Gasteiger partial charge >= 0.3 is 0 Å². The molecule has 1 amide bonds. The summed E-state index contributed by atoms with van der Waals surface area (Å²) in [6.45, 7) is 1.57. The van der Waals surface area contributed by atoms with Crippen LogP contribution in [0.5, 0.6) is 11.5 Å². The smallest absolute Gasteiger partial charge is 0.241 e. The summed E-state index contributed by atoms with van der Waals surface area (Å²) in [7, 11) is -3.75. The maximum absolute atomic E-state index is 13.0. The molecule has 0 spiro atoms. The summed E-state index contributed by atoms with van der Waals surface area (Å²) in [5, 5.41) is 2.96. The lowest BCUT2D eigenvalue weighted by Gasteiger charge is -2.25. The fourth-order valence-corrected chi connectivity index (χ4v) is 5.13. The Balaban J connectivity index is 1.52. The third kappa shape index (κ3) is 5.78. The largest absolute Gasteiger partial charge is 0.455 e. The van der Waals surface area contributed by atoms with Gasteiger partial charge in [0.05, 0.1) is 18.0 Å². The molecule has 1 aliphatic carbocycles. The molecule has 1 atom stereocenters. The number of nitrogens with zero attached hydrogens (tertiary/aromatic N) is 1. The zero-order valence-corrected chi connectivity index (χ0v) is 20.3. The molecule has 3 aromatic rings. The summed E-state index contributed by atoms with van der Waals surface area (Å²) in [6.07, 6.45) is 5.65. The second kappa shape index (κ2) is 10.3. The number of rotatable bonds is 8. The summed E-state index contributed by atoms with van der Waals surface area (Å²) >= 11 is 0. The van der Waals surface area contributed by atoms with Crippen molar-refractivity contribution in [3.05, 3.63) is 89.5 Å². The van der Waals surface area contributed by atoms with Crippen LogP contribution < -0.4 is 14.4 Å². The van der Waals surface area contributed by atoms with Crippen molar-refractivity contribution in [2.24, 2.45) is 0 Å². The van der Waals surface area contributed by atoms with Crippen LogP contribution in [0, 0.1) is 0 Å². The van der Waals surface area contributed by atoms with E-state index in [1.165, 1.54) is 24.0 Å². The second-order valence-corrected chi connectivity index (χ2v) is 10.6. The number of hydrogen-bond acceptors (Lipinski definition) is 4. The Morgan fingerprint density at radius 1 is 0.971 bits per heavy atom. The Morgan fingerprint density at radius 3 is 2.38 bits per heavy atom. The molecule has 7 heteroatoms. The van der Waals surface area contributed by atoms with Crippen LogP contribution in [0.3, 0.4) is 0 Å². The highest BCUT2D eigenvalue weighted by atomic mass is 32.2. The maximum atomic E-state index is 13.0. The number of ether oxygens (including phenoxy) is 1. The van der Waals surface area contributed by atoms with Crippen LogP contribution in [0.4, 0.5) is 5.69 Å². The number of benzene rings is 3. The van der Waals surface area contributed by atoms with Gasteiger partial charge in [-0.05, 0) is 73.6 Å². The lowest BCUT2D eigenvalue weighted by molar-refractivity contribution is -0.120. The normalized spacial score (nSPS) is 14.1. The Labute approximate surface area is 201 Å². The van der Waals surface area contributed by atoms with Gasteiger partial charge in [0.25, 0.3) is 0 Å². The minimum atomic E-state index is -3.75. The number of hydrogen-bond donors (Lipinski definition) is 1. The minimum Gasteiger partial charge on any atom is -0.455 e. The highest BCUT2D eigenvalue weighted by Gasteiger charge is 2.25. The Kier molecular flexibility index (Phi) is 7.22. The number of nitrogens with one attached hydrogen (secondary N) is 1. The molecule has 178 valence electrons. The first kappa shape index (κ1) is 23.8. The van der Waals surface area contributed by atoms with Gasteiger partial charge in [-0.1, -0.05) is 48.5 Å². The van der Waals surface area contributed by atoms with Gasteiger partial charge in [-0.3, -0.25) is 9.10 Å². The fourth-order valence-electron chi connectivity index (χ4n) is 4.27. The summed E-state index contributed by atoms with van der Waals surface area (Å²) in [4.78, 5) is 13.0. The molecule has 0 saturated heterocycles. The topological polar surface area (TPSA) is 75.7 Å². The molecule has 34 heavy (non-hydrogen) atoms. The lowest BCUT2D eigenvalue weighted by Crippen LogP contribution is -2.41. The Morgan fingerprint density at radius 2 is 1.65 bits per heavy atom. The third-order valence-corrected chi connectivity index (χ3v) is 7.17. The molecular weight excluding hydrogens is 448 g/mol. The number of para-hydroxylation sites is 3. The maximum Gasteiger partial charge on any atom is 0.241 e. The highest BCUT2D eigenvalue weighted by molar-refractivity contribution is 7.92. The van der Waals surface area contributed by atoms with E-state index in [-0.39, 0.29) is 18.5 Å². The van der Waals surface area contributed by atoms with E-state index in [1.54, 1.807) is 36.4 Å². The van der Waals surface area contributed by atoms with Crippen molar-refractivity contribution in [2.75, 3.05) is 17.1 Å². The van der Waals surface area contributed by atoms with Crippen LogP contribution in [0.2, 0.25) is 0 Å². The molecule has 3 aromatic carbocycles. The highest BCUT2D eigenvalue weighted by Crippen LogP contribution is 2.33. The van der Waals surface area contributed by atoms with E-state index >= 15 is 0 Å². The number of aryl methyl sites for hydroxylation is 2. The van der Waals surface area contributed by atoms with E-state index in [9.17, 15) is 13.2 Å². The average molecular weight is 479 g/mol. The number of anilines is 1. The average Bonchev–Trinajstić information content (AvgIpc) is 2.83. The molecular formula is C27H30N2O4S. The molecule has 0 aliphatic heterocycles. The molecule has 4 rings (SSSR count). The van der Waals surface area contributed by atoms with Gasteiger partial charge in [0.15, 0.2) is 5.75 Å². The van der Waals surface area contributed by atoms with Crippen LogP contribution in [0.25, 0.3) is 0 Å². The van der Waals surface area contributed by atoms with E-state index < -0.39 is 10.0 Å². The van der Waals surface area contributed by atoms with Gasteiger partial charge in [-0.15, -0.1) is 0 Å². The molecule has 0 aromatic heterocycles. The van der Waals surface area contributed by atoms with Crippen LogP contribution in [0.1, 0.15) is 42.5 Å². The Bertz CT molecular complexity index is 1260. The minimum absolute atomic E-state index is 0.239. The van der Waals surface area contributed by atoms with Crippen molar-refractivity contribution in [3.63, 3.8) is 0 Å². The van der Waals surface area contributed by atoms with Gasteiger partial charge in [0, 0.05) is 0 Å². The third-order valence-electron chi connectivity index (χ3n) is 6.04. The zero-order chi connectivity index (χ0) is 24.1. The molecule has 1 aliphatic rings. The summed E-state index contributed by atoms with van der Waals surface area (Å²) in [5.74, 6) is 0.550. The predicted octanol–water partition coefficient (Wildman–Crippen LogP) is 5.00. The van der Waals surface area contributed by atoms with Crippen molar-refractivity contribution >= 4 is 21.6 Å². The van der Waals surface area contributed by atoms with E-state index in [1.807, 2.05) is 31.2 Å². The first-order chi connectivity index (χ1) is 16.3. The van der Waals surface area contributed by atoms with Crippen LogP contribution in [0.15, 0.2) is 72.8 Å². The lowest BCUT2D eigenvalue weighted by atomic mass is 9.89. The molecule has 0 saturated carbocycles. The van der Waals surface area contributed by atoms with Gasteiger partial charge in [-0.25, -0.2) is 8.42 Å².